The third-order valence-electron chi connectivity index (χ3n) is 3.79. The lowest BCUT2D eigenvalue weighted by molar-refractivity contribution is -0.141. The van der Waals surface area contributed by atoms with Gasteiger partial charge in [0.05, 0.1) is 10.7 Å². The molecule has 2 heterocycles. The monoisotopic (exact) mass is 368 g/mol. The van der Waals surface area contributed by atoms with Crippen molar-refractivity contribution in [1.29, 1.82) is 0 Å². The number of ether oxygens (including phenoxy) is 1. The average molecular weight is 369 g/mol. The molecule has 0 bridgehead atoms. The Morgan fingerprint density at radius 1 is 1.20 bits per heavy atom. The summed E-state index contributed by atoms with van der Waals surface area (Å²) in [6.07, 6.45) is -4.48. The molecule has 3 aromatic rings. The molecule has 0 spiro atoms. The maximum atomic E-state index is 12.7. The Morgan fingerprint density at radius 2 is 1.96 bits per heavy atom. The van der Waals surface area contributed by atoms with E-state index in [2.05, 4.69) is 23.8 Å². The molecule has 0 aliphatic rings. The van der Waals surface area contributed by atoms with Gasteiger partial charge in [0.1, 0.15) is 18.1 Å². The number of rotatable bonds is 4. The zero-order chi connectivity index (χ0) is 18.2. The molecule has 0 atom stereocenters. The number of nitrogens with zero attached hydrogens (tertiary/aromatic N) is 1. The standard InChI is InChI=1S/C18H16ClF3N2O/c1-10(2)14-7-11-6-13(19)16(8-15(11)24-14)25-9-12-4-3-5-17(23-12)18(20,21)22/h3-8,10,24H,9H2,1-2H3. The van der Waals surface area contributed by atoms with Gasteiger partial charge in [-0.05, 0) is 30.2 Å². The van der Waals surface area contributed by atoms with Crippen LogP contribution in [0.15, 0.2) is 36.4 Å². The summed E-state index contributed by atoms with van der Waals surface area (Å²) in [7, 11) is 0. The molecule has 0 radical (unpaired) electrons. The van der Waals surface area contributed by atoms with E-state index in [1.807, 2.05) is 6.07 Å². The first kappa shape index (κ1) is 17.6. The molecular formula is C18H16ClF3N2O. The molecule has 2 aromatic heterocycles. The summed E-state index contributed by atoms with van der Waals surface area (Å²) in [5.41, 5.74) is 1.17. The molecule has 3 rings (SSSR count). The normalized spacial score (nSPS) is 12.1. The third-order valence-corrected chi connectivity index (χ3v) is 4.08. The van der Waals surface area contributed by atoms with Crippen LogP contribution in [0.3, 0.4) is 0 Å². The van der Waals surface area contributed by atoms with E-state index in [-0.39, 0.29) is 12.3 Å². The maximum absolute atomic E-state index is 12.7. The average Bonchev–Trinajstić information content (AvgIpc) is 2.95. The van der Waals surface area contributed by atoms with Crippen molar-refractivity contribution < 1.29 is 17.9 Å². The first-order valence-electron chi connectivity index (χ1n) is 7.72. The molecule has 0 amide bonds. The first-order chi connectivity index (χ1) is 11.7. The van der Waals surface area contributed by atoms with Crippen molar-refractivity contribution in [3.63, 3.8) is 0 Å². The second-order valence-corrected chi connectivity index (χ2v) is 6.46. The summed E-state index contributed by atoms with van der Waals surface area (Å²) in [5, 5.41) is 1.35. The highest BCUT2D eigenvalue weighted by molar-refractivity contribution is 6.32. The Morgan fingerprint density at radius 3 is 2.64 bits per heavy atom. The Hall–Kier alpha value is -2.21. The Labute approximate surface area is 147 Å². The summed E-state index contributed by atoms with van der Waals surface area (Å²) in [4.78, 5) is 6.86. The van der Waals surface area contributed by atoms with E-state index in [0.29, 0.717) is 16.7 Å². The molecule has 1 aromatic carbocycles. The zero-order valence-electron chi connectivity index (χ0n) is 13.6. The van der Waals surface area contributed by atoms with Gasteiger partial charge in [-0.25, -0.2) is 4.98 Å². The van der Waals surface area contributed by atoms with E-state index in [9.17, 15) is 13.2 Å². The maximum Gasteiger partial charge on any atom is 0.433 e. The molecule has 0 fully saturated rings. The lowest BCUT2D eigenvalue weighted by Gasteiger charge is -2.10. The SMILES string of the molecule is CC(C)c1cc2cc(Cl)c(OCc3cccc(C(F)(F)F)n3)cc2[nH]1. The molecule has 3 nitrogen and oxygen atoms in total. The van der Waals surface area contributed by atoms with E-state index in [4.69, 9.17) is 16.3 Å². The number of aromatic amines is 1. The summed E-state index contributed by atoms with van der Waals surface area (Å²) in [6, 6.07) is 9.25. The second kappa shape index (κ2) is 6.59. The lowest BCUT2D eigenvalue weighted by atomic mass is 10.1. The molecule has 7 heteroatoms. The largest absolute Gasteiger partial charge is 0.486 e. The fourth-order valence-electron chi connectivity index (χ4n) is 2.45. The van der Waals surface area contributed by atoms with Gasteiger partial charge in [-0.1, -0.05) is 31.5 Å². The van der Waals surface area contributed by atoms with Crippen LogP contribution in [0.25, 0.3) is 10.9 Å². The fourth-order valence-corrected chi connectivity index (χ4v) is 2.67. The smallest absolute Gasteiger partial charge is 0.433 e. The summed E-state index contributed by atoms with van der Waals surface area (Å²) in [5.74, 6) is 0.732. The van der Waals surface area contributed by atoms with Crippen LogP contribution in [-0.2, 0) is 12.8 Å². The summed E-state index contributed by atoms with van der Waals surface area (Å²) >= 11 is 6.22. The van der Waals surface area contributed by atoms with Gasteiger partial charge in [0.2, 0.25) is 0 Å². The predicted octanol–water partition coefficient (Wildman–Crippen LogP) is 5.94. The minimum absolute atomic E-state index is 0.104. The number of aromatic nitrogens is 2. The van der Waals surface area contributed by atoms with Gasteiger partial charge >= 0.3 is 6.18 Å². The number of fused-ring (bicyclic) bond motifs is 1. The minimum atomic E-state index is -4.48. The van der Waals surface area contributed by atoms with Crippen molar-refractivity contribution in [2.24, 2.45) is 0 Å². The highest BCUT2D eigenvalue weighted by Gasteiger charge is 2.32. The summed E-state index contributed by atoms with van der Waals surface area (Å²) < 4.78 is 43.7. The molecule has 0 aliphatic heterocycles. The molecule has 0 saturated carbocycles. The van der Waals surface area contributed by atoms with Gasteiger partial charge in [-0.2, -0.15) is 13.2 Å². The van der Waals surface area contributed by atoms with Crippen molar-refractivity contribution >= 4 is 22.5 Å². The number of alkyl halides is 3. The first-order valence-corrected chi connectivity index (χ1v) is 8.10. The van der Waals surface area contributed by atoms with Gasteiger partial charge in [0.15, 0.2) is 0 Å². The minimum Gasteiger partial charge on any atom is -0.486 e. The molecular weight excluding hydrogens is 353 g/mol. The van der Waals surface area contributed by atoms with Crippen molar-refractivity contribution in [3.05, 3.63) is 58.5 Å². The van der Waals surface area contributed by atoms with Gasteiger partial charge < -0.3 is 9.72 Å². The Balaban J connectivity index is 1.82. The molecule has 1 N–H and O–H groups in total. The topological polar surface area (TPSA) is 37.9 Å². The van der Waals surface area contributed by atoms with Crippen molar-refractivity contribution in [2.75, 3.05) is 0 Å². The van der Waals surface area contributed by atoms with Crippen LogP contribution in [0.5, 0.6) is 5.75 Å². The summed E-state index contributed by atoms with van der Waals surface area (Å²) in [6.45, 7) is 4.04. The van der Waals surface area contributed by atoms with Crippen LogP contribution < -0.4 is 4.74 Å². The van der Waals surface area contributed by atoms with Crippen LogP contribution in [-0.4, -0.2) is 9.97 Å². The van der Waals surface area contributed by atoms with E-state index < -0.39 is 11.9 Å². The predicted molar refractivity (Wildman–Crippen MR) is 91.0 cm³/mol. The molecule has 0 saturated heterocycles. The van der Waals surface area contributed by atoms with Crippen molar-refractivity contribution in [3.8, 4) is 5.75 Å². The molecule has 0 aliphatic carbocycles. The van der Waals surface area contributed by atoms with E-state index >= 15 is 0 Å². The molecule has 0 unspecified atom stereocenters. The van der Waals surface area contributed by atoms with Gasteiger partial charge in [-0.15, -0.1) is 0 Å². The number of benzene rings is 1. The van der Waals surface area contributed by atoms with Crippen LogP contribution in [0, 0.1) is 0 Å². The van der Waals surface area contributed by atoms with Crippen LogP contribution in [0.2, 0.25) is 5.02 Å². The highest BCUT2D eigenvalue weighted by atomic mass is 35.5. The fraction of sp³-hybridized carbons (Fsp3) is 0.278. The van der Waals surface area contributed by atoms with Gasteiger partial charge in [0, 0.05) is 22.7 Å². The van der Waals surface area contributed by atoms with E-state index in [0.717, 1.165) is 22.7 Å². The number of hydrogen-bond donors (Lipinski definition) is 1. The van der Waals surface area contributed by atoms with Crippen LogP contribution in [0.4, 0.5) is 13.2 Å². The Bertz CT molecular complexity index is 903. The van der Waals surface area contributed by atoms with Gasteiger partial charge in [-0.3, -0.25) is 0 Å². The van der Waals surface area contributed by atoms with Crippen molar-refractivity contribution in [2.45, 2.75) is 32.5 Å². The third kappa shape index (κ3) is 3.90. The van der Waals surface area contributed by atoms with E-state index in [1.54, 1.807) is 12.1 Å². The Kier molecular flexibility index (Phi) is 4.64. The van der Waals surface area contributed by atoms with Crippen molar-refractivity contribution in [1.82, 2.24) is 9.97 Å². The highest BCUT2D eigenvalue weighted by Crippen LogP contribution is 2.32. The number of H-pyrrole nitrogens is 1. The molecule has 132 valence electrons. The van der Waals surface area contributed by atoms with Crippen LogP contribution in [0.1, 0.15) is 36.8 Å². The lowest BCUT2D eigenvalue weighted by Crippen LogP contribution is -2.10. The van der Waals surface area contributed by atoms with E-state index in [1.165, 1.54) is 12.1 Å². The zero-order valence-corrected chi connectivity index (χ0v) is 14.4. The number of hydrogen-bond acceptors (Lipinski definition) is 2. The number of halogens is 4. The molecule has 25 heavy (non-hydrogen) atoms. The quantitative estimate of drug-likeness (QED) is 0.619. The second-order valence-electron chi connectivity index (χ2n) is 6.05. The van der Waals surface area contributed by atoms with Crippen LogP contribution >= 0.6 is 11.6 Å². The number of nitrogens with one attached hydrogen (secondary N) is 1. The number of pyridine rings is 1. The van der Waals surface area contributed by atoms with Gasteiger partial charge in [0.25, 0.3) is 0 Å².